The van der Waals surface area contributed by atoms with E-state index in [0.29, 0.717) is 19.3 Å². The van der Waals surface area contributed by atoms with Gasteiger partial charge in [-0.05, 0) is 96.3 Å². The zero-order chi connectivity index (χ0) is 56.9. The van der Waals surface area contributed by atoms with Crippen molar-refractivity contribution in [3.8, 4) is 0 Å². The number of unbranched alkanes of at least 4 members (excludes halogenated alkanes) is 18. The van der Waals surface area contributed by atoms with Crippen LogP contribution in [0, 0.1) is 0 Å². The fourth-order valence-electron chi connectivity index (χ4n) is 7.84. The maximum Gasteiger partial charge on any atom is 0.472 e. The summed E-state index contributed by atoms with van der Waals surface area (Å²) in [6.45, 7) is 4.30. The van der Waals surface area contributed by atoms with E-state index in [1.807, 2.05) is 12.2 Å². The van der Waals surface area contributed by atoms with Crippen LogP contribution in [0.3, 0.4) is 0 Å². The standard InChI is InChI=1S/C66H109O11P/c1-4-7-10-13-16-19-22-25-28-30-31-33-35-37-40-43-46-49-52-55-64(68)73-59-63(77-66(70)57-54-51-48-45-42-39-36-32-29-26-23-20-17-14-11-8-5-2)61-75-78(71,72)74-60-62(58-67)76-65(69)56-53-50-47-44-41-38-34-27-24-21-18-15-12-9-6-3/h7,9-10,12,16,18-19,21,25,27-28,31,33-34,37,40-41,44,46,49,62-63,67H,4-6,8,11,13-15,17,20,22-24,26,29-30,32,35-36,38-39,42-43,45,47-48,50-61H2,1-3H3,(H,71,72)/b10-7-,12-9-,19-16-,21-18-,28-25-,33-31-,34-27-,40-37-,44-41-,49-46-. The highest BCUT2D eigenvalue weighted by molar-refractivity contribution is 7.47. The summed E-state index contributed by atoms with van der Waals surface area (Å²) in [7, 11) is -4.78. The van der Waals surface area contributed by atoms with Crippen molar-refractivity contribution in [2.45, 2.75) is 251 Å². The molecule has 0 aromatic rings. The van der Waals surface area contributed by atoms with Gasteiger partial charge in [-0.25, -0.2) is 4.57 Å². The predicted octanol–water partition coefficient (Wildman–Crippen LogP) is 18.4. The molecule has 0 aliphatic heterocycles. The minimum Gasteiger partial charge on any atom is -0.462 e. The number of carbonyl (C=O) groups is 3. The highest BCUT2D eigenvalue weighted by Crippen LogP contribution is 2.43. The molecule has 78 heavy (non-hydrogen) atoms. The Morgan fingerprint density at radius 1 is 0.372 bits per heavy atom. The number of ether oxygens (including phenoxy) is 3. The van der Waals surface area contributed by atoms with Gasteiger partial charge in [0.25, 0.3) is 0 Å². The summed E-state index contributed by atoms with van der Waals surface area (Å²) in [5.74, 6) is -1.61. The lowest BCUT2D eigenvalue weighted by Crippen LogP contribution is -2.30. The summed E-state index contributed by atoms with van der Waals surface area (Å²) in [5.41, 5.74) is 0. The normalized spacial score (nSPS) is 14.2. The first-order valence-electron chi connectivity index (χ1n) is 30.4. The first kappa shape index (κ1) is 73.9. The largest absolute Gasteiger partial charge is 0.472 e. The minimum atomic E-state index is -4.78. The first-order chi connectivity index (χ1) is 38.2. The molecular weight excluding hydrogens is 1000 g/mol. The average Bonchev–Trinajstić information content (AvgIpc) is 3.43. The number of aliphatic hydroxyl groups excluding tert-OH is 1. The van der Waals surface area contributed by atoms with Gasteiger partial charge in [0.15, 0.2) is 6.10 Å². The van der Waals surface area contributed by atoms with Crippen LogP contribution in [0.2, 0.25) is 0 Å². The fourth-order valence-corrected chi connectivity index (χ4v) is 8.63. The molecule has 0 heterocycles. The van der Waals surface area contributed by atoms with Crippen LogP contribution in [0.15, 0.2) is 122 Å². The van der Waals surface area contributed by atoms with Crippen LogP contribution in [0.1, 0.15) is 239 Å². The Balaban J connectivity index is 4.86. The Morgan fingerprint density at radius 3 is 1.08 bits per heavy atom. The number of hydrogen-bond donors (Lipinski definition) is 2. The van der Waals surface area contributed by atoms with Gasteiger partial charge in [0.05, 0.1) is 19.8 Å². The Hall–Kier alpha value is -4.12. The van der Waals surface area contributed by atoms with Gasteiger partial charge in [0.2, 0.25) is 0 Å². The lowest BCUT2D eigenvalue weighted by atomic mass is 10.0. The van der Waals surface area contributed by atoms with Crippen LogP contribution in [0.25, 0.3) is 0 Å². The number of aliphatic hydroxyl groups is 1. The van der Waals surface area contributed by atoms with E-state index in [9.17, 15) is 28.9 Å². The van der Waals surface area contributed by atoms with Crippen molar-refractivity contribution >= 4 is 25.7 Å². The molecule has 0 aromatic heterocycles. The maximum atomic E-state index is 12.9. The van der Waals surface area contributed by atoms with Crippen molar-refractivity contribution in [2.75, 3.05) is 26.4 Å². The van der Waals surface area contributed by atoms with Crippen LogP contribution >= 0.6 is 7.82 Å². The SMILES string of the molecule is CC/C=C\C/C=C\C/C=C\C/C=C\C/C=C\C/C=C\CCC(=O)OCC(COP(=O)(O)OCC(CO)OC(=O)CCCC/C=C\C/C=C\C/C=C\C/C=C\CC)OC(=O)CCCCCCCCCCCCCCCCCCC. The second-order valence-electron chi connectivity index (χ2n) is 19.8. The van der Waals surface area contributed by atoms with Crippen molar-refractivity contribution in [3.63, 3.8) is 0 Å². The van der Waals surface area contributed by atoms with E-state index < -0.39 is 57.8 Å². The number of carbonyl (C=O) groups excluding carboxylic acids is 3. The Morgan fingerprint density at radius 2 is 0.692 bits per heavy atom. The number of phosphoric ester groups is 1. The van der Waals surface area contributed by atoms with Gasteiger partial charge < -0.3 is 24.2 Å². The molecule has 0 spiro atoms. The Kier molecular flexibility index (Phi) is 55.9. The van der Waals surface area contributed by atoms with Gasteiger partial charge in [-0.2, -0.15) is 0 Å². The molecule has 0 radical (unpaired) electrons. The van der Waals surface area contributed by atoms with Crippen LogP contribution in [-0.4, -0.2) is 66.5 Å². The zero-order valence-electron chi connectivity index (χ0n) is 49.1. The summed E-state index contributed by atoms with van der Waals surface area (Å²) >= 11 is 0. The van der Waals surface area contributed by atoms with Gasteiger partial charge in [-0.3, -0.25) is 23.4 Å². The van der Waals surface area contributed by atoms with Crippen LogP contribution in [0.5, 0.6) is 0 Å². The van der Waals surface area contributed by atoms with Crippen molar-refractivity contribution in [3.05, 3.63) is 122 Å². The van der Waals surface area contributed by atoms with Gasteiger partial charge in [-0.1, -0.05) is 245 Å². The number of hydrogen-bond acceptors (Lipinski definition) is 10. The molecule has 0 amide bonds. The number of allylic oxidation sites excluding steroid dienone is 20. The summed E-state index contributed by atoms with van der Waals surface area (Å²) < 4.78 is 39.5. The van der Waals surface area contributed by atoms with E-state index in [2.05, 4.69) is 130 Å². The topological polar surface area (TPSA) is 155 Å². The van der Waals surface area contributed by atoms with E-state index in [4.69, 9.17) is 23.3 Å². The number of esters is 3. The van der Waals surface area contributed by atoms with Crippen molar-refractivity contribution < 1.29 is 52.2 Å². The highest BCUT2D eigenvalue weighted by atomic mass is 31.2. The van der Waals surface area contributed by atoms with Gasteiger partial charge in [0, 0.05) is 19.3 Å². The molecule has 0 rings (SSSR count). The Bertz CT molecular complexity index is 1770. The highest BCUT2D eigenvalue weighted by Gasteiger charge is 2.28. The summed E-state index contributed by atoms with van der Waals surface area (Å²) in [5, 5.41) is 9.82. The third kappa shape index (κ3) is 56.6. The minimum absolute atomic E-state index is 0.0944. The van der Waals surface area contributed by atoms with Gasteiger partial charge in [-0.15, -0.1) is 0 Å². The summed E-state index contributed by atoms with van der Waals surface area (Å²) in [6.07, 6.45) is 73.2. The third-order valence-electron chi connectivity index (χ3n) is 12.4. The molecule has 11 nitrogen and oxygen atoms in total. The molecule has 0 bridgehead atoms. The second-order valence-corrected chi connectivity index (χ2v) is 21.2. The molecule has 0 aliphatic carbocycles. The number of rotatable bonds is 55. The van der Waals surface area contributed by atoms with Crippen molar-refractivity contribution in [1.82, 2.24) is 0 Å². The molecule has 3 unspecified atom stereocenters. The van der Waals surface area contributed by atoms with E-state index in [-0.39, 0.29) is 25.9 Å². The molecule has 0 saturated carbocycles. The molecule has 2 N–H and O–H groups in total. The molecule has 444 valence electrons. The maximum absolute atomic E-state index is 12.9. The molecule has 12 heteroatoms. The molecule has 0 fully saturated rings. The summed E-state index contributed by atoms with van der Waals surface area (Å²) in [4.78, 5) is 48.6. The van der Waals surface area contributed by atoms with Crippen molar-refractivity contribution in [2.24, 2.45) is 0 Å². The lowest BCUT2D eigenvalue weighted by molar-refractivity contribution is -0.161. The average molecular weight is 1110 g/mol. The van der Waals surface area contributed by atoms with E-state index in [0.717, 1.165) is 96.3 Å². The summed E-state index contributed by atoms with van der Waals surface area (Å²) in [6, 6.07) is 0. The fraction of sp³-hybridized carbons (Fsp3) is 0.652. The van der Waals surface area contributed by atoms with E-state index in [1.54, 1.807) is 0 Å². The van der Waals surface area contributed by atoms with Crippen LogP contribution in [0.4, 0.5) is 0 Å². The molecule has 0 aromatic carbocycles. The van der Waals surface area contributed by atoms with E-state index in [1.165, 1.54) is 83.5 Å². The van der Waals surface area contributed by atoms with E-state index >= 15 is 0 Å². The van der Waals surface area contributed by atoms with Crippen LogP contribution < -0.4 is 0 Å². The smallest absolute Gasteiger partial charge is 0.462 e. The van der Waals surface area contributed by atoms with Gasteiger partial charge in [0.1, 0.15) is 12.7 Å². The van der Waals surface area contributed by atoms with Gasteiger partial charge >= 0.3 is 25.7 Å². The Labute approximate surface area is 475 Å². The van der Waals surface area contributed by atoms with Crippen LogP contribution in [-0.2, 0) is 42.2 Å². The predicted molar refractivity (Wildman–Crippen MR) is 325 cm³/mol. The zero-order valence-corrected chi connectivity index (χ0v) is 50.0. The second kappa shape index (κ2) is 59.0. The quantitative estimate of drug-likeness (QED) is 0.0197. The lowest BCUT2D eigenvalue weighted by Gasteiger charge is -2.21. The van der Waals surface area contributed by atoms with Crippen molar-refractivity contribution in [1.29, 1.82) is 0 Å². The molecule has 3 atom stereocenters. The first-order valence-corrected chi connectivity index (χ1v) is 31.9. The monoisotopic (exact) mass is 1110 g/mol. The third-order valence-corrected chi connectivity index (χ3v) is 13.3. The molecule has 0 aliphatic rings. The molecule has 0 saturated heterocycles. The number of phosphoric acid groups is 1. The molecular formula is C66H109O11P.